The lowest BCUT2D eigenvalue weighted by Gasteiger charge is -2.19. The van der Waals surface area contributed by atoms with Gasteiger partial charge in [-0.15, -0.1) is 0 Å². The molecule has 0 fully saturated rings. The monoisotopic (exact) mass is 226 g/mol. The number of thiol groups is 1. The number of methoxy groups -OCH3 is 2. The third-order valence-corrected chi connectivity index (χ3v) is 2.28. The fourth-order valence-electron chi connectivity index (χ4n) is 1.46. The predicted molar refractivity (Wildman–Crippen MR) is 66.3 cm³/mol. The van der Waals surface area contributed by atoms with Gasteiger partial charge in [0.2, 0.25) is 0 Å². The Bertz CT molecular complexity index is 329. The second kappa shape index (κ2) is 4.79. The lowest BCUT2D eigenvalue weighted by molar-refractivity contribution is 0.390. The molecule has 0 saturated carbocycles. The maximum atomic E-state index is 5.32. The molecule has 3 heteroatoms. The molecule has 0 aromatic heterocycles. The van der Waals surface area contributed by atoms with Crippen molar-refractivity contribution in [3.63, 3.8) is 0 Å². The molecule has 0 aliphatic rings. The highest BCUT2D eigenvalue weighted by atomic mass is 32.1. The van der Waals surface area contributed by atoms with Crippen LogP contribution in [-0.4, -0.2) is 19.0 Å². The highest BCUT2D eigenvalue weighted by Gasteiger charge is 2.15. The van der Waals surface area contributed by atoms with E-state index in [4.69, 9.17) is 9.47 Å². The Hall–Kier alpha value is -0.830. The molecule has 0 aliphatic heterocycles. The lowest BCUT2D eigenvalue weighted by atomic mass is 10.0. The Morgan fingerprint density at radius 1 is 1.20 bits per heavy atom. The number of hydrogen-bond donors (Lipinski definition) is 1. The van der Waals surface area contributed by atoms with E-state index in [-0.39, 0.29) is 4.75 Å². The molecule has 1 aromatic rings. The highest BCUT2D eigenvalue weighted by Crippen LogP contribution is 2.29. The summed E-state index contributed by atoms with van der Waals surface area (Å²) in [5.41, 5.74) is 1.15. The first-order valence-electron chi connectivity index (χ1n) is 4.89. The molecule has 0 atom stereocenters. The first kappa shape index (κ1) is 12.2. The quantitative estimate of drug-likeness (QED) is 0.796. The first-order valence-corrected chi connectivity index (χ1v) is 5.34. The van der Waals surface area contributed by atoms with Crippen LogP contribution in [0, 0.1) is 0 Å². The van der Waals surface area contributed by atoms with Crippen molar-refractivity contribution in [2.24, 2.45) is 0 Å². The average molecular weight is 226 g/mol. The van der Waals surface area contributed by atoms with Gasteiger partial charge in [0.05, 0.1) is 14.2 Å². The van der Waals surface area contributed by atoms with Gasteiger partial charge in [-0.3, -0.25) is 0 Å². The second-order valence-electron chi connectivity index (χ2n) is 4.17. The Morgan fingerprint density at radius 2 is 1.87 bits per heavy atom. The smallest absolute Gasteiger partial charge is 0.125 e. The van der Waals surface area contributed by atoms with E-state index in [1.807, 2.05) is 18.2 Å². The Labute approximate surface area is 97.0 Å². The van der Waals surface area contributed by atoms with Crippen LogP contribution in [0.1, 0.15) is 19.4 Å². The van der Waals surface area contributed by atoms with E-state index in [1.165, 1.54) is 0 Å². The molecular weight excluding hydrogens is 208 g/mol. The van der Waals surface area contributed by atoms with Crippen molar-refractivity contribution in [2.45, 2.75) is 25.0 Å². The zero-order chi connectivity index (χ0) is 11.5. The molecule has 2 nitrogen and oxygen atoms in total. The van der Waals surface area contributed by atoms with Crippen molar-refractivity contribution < 1.29 is 9.47 Å². The van der Waals surface area contributed by atoms with Crippen molar-refractivity contribution in [3.8, 4) is 11.5 Å². The molecule has 0 heterocycles. The fourth-order valence-corrected chi connectivity index (χ4v) is 1.63. The molecule has 0 aliphatic carbocycles. The largest absolute Gasteiger partial charge is 0.497 e. The summed E-state index contributed by atoms with van der Waals surface area (Å²) >= 11 is 4.51. The minimum Gasteiger partial charge on any atom is -0.497 e. The van der Waals surface area contributed by atoms with Gasteiger partial charge >= 0.3 is 0 Å². The van der Waals surface area contributed by atoms with Gasteiger partial charge in [0.15, 0.2) is 0 Å². The summed E-state index contributed by atoms with van der Waals surface area (Å²) < 4.78 is 10.4. The summed E-state index contributed by atoms with van der Waals surface area (Å²) in [6, 6.07) is 5.86. The van der Waals surface area contributed by atoms with Crippen LogP contribution in [-0.2, 0) is 6.42 Å². The molecular formula is C12H18O2S. The fraction of sp³-hybridized carbons (Fsp3) is 0.500. The molecule has 1 aromatic carbocycles. The van der Waals surface area contributed by atoms with Gasteiger partial charge in [0, 0.05) is 10.8 Å². The lowest BCUT2D eigenvalue weighted by Crippen LogP contribution is -2.14. The highest BCUT2D eigenvalue weighted by molar-refractivity contribution is 7.81. The number of ether oxygens (including phenoxy) is 2. The summed E-state index contributed by atoms with van der Waals surface area (Å²) in [5, 5.41) is 0. The van der Waals surface area contributed by atoms with Crippen molar-refractivity contribution in [3.05, 3.63) is 23.8 Å². The summed E-state index contributed by atoms with van der Waals surface area (Å²) in [7, 11) is 3.32. The first-order chi connectivity index (χ1) is 6.96. The average Bonchev–Trinajstić information content (AvgIpc) is 2.16. The van der Waals surface area contributed by atoms with Crippen molar-refractivity contribution in [2.75, 3.05) is 14.2 Å². The topological polar surface area (TPSA) is 18.5 Å². The van der Waals surface area contributed by atoms with Gasteiger partial charge in [0.25, 0.3) is 0 Å². The Balaban J connectivity index is 2.97. The molecule has 0 N–H and O–H groups in total. The zero-order valence-corrected chi connectivity index (χ0v) is 10.6. The summed E-state index contributed by atoms with van der Waals surface area (Å²) in [5.74, 6) is 1.67. The van der Waals surface area contributed by atoms with Crippen LogP contribution in [0.5, 0.6) is 11.5 Å². The third-order valence-electron chi connectivity index (χ3n) is 2.12. The second-order valence-corrected chi connectivity index (χ2v) is 5.38. The minimum absolute atomic E-state index is 0.0398. The van der Waals surface area contributed by atoms with E-state index in [0.29, 0.717) is 0 Å². The van der Waals surface area contributed by atoms with E-state index in [0.717, 1.165) is 23.5 Å². The van der Waals surface area contributed by atoms with Crippen LogP contribution in [0.3, 0.4) is 0 Å². The molecule has 0 bridgehead atoms. The molecule has 15 heavy (non-hydrogen) atoms. The van der Waals surface area contributed by atoms with Crippen LogP contribution >= 0.6 is 12.6 Å². The summed E-state index contributed by atoms with van der Waals surface area (Å²) in [6.07, 6.45) is 0.864. The number of benzene rings is 1. The van der Waals surface area contributed by atoms with Gasteiger partial charge in [-0.05, 0) is 18.1 Å². The van der Waals surface area contributed by atoms with Gasteiger partial charge < -0.3 is 9.47 Å². The number of rotatable bonds is 4. The molecule has 0 spiro atoms. The minimum atomic E-state index is -0.0398. The molecule has 1 rings (SSSR count). The normalized spacial score (nSPS) is 11.3. The molecule has 0 amide bonds. The van der Waals surface area contributed by atoms with E-state index in [1.54, 1.807) is 14.2 Å². The van der Waals surface area contributed by atoms with Crippen molar-refractivity contribution in [1.29, 1.82) is 0 Å². The van der Waals surface area contributed by atoms with Gasteiger partial charge in [0.1, 0.15) is 11.5 Å². The standard InChI is InChI=1S/C12H18O2S/c1-12(2,15)8-9-5-6-10(13-3)7-11(9)14-4/h5-7,15H,8H2,1-4H3. The predicted octanol–water partition coefficient (Wildman–Crippen LogP) is 2.95. The van der Waals surface area contributed by atoms with Crippen LogP contribution in [0.15, 0.2) is 18.2 Å². The van der Waals surface area contributed by atoms with Crippen molar-refractivity contribution >= 4 is 12.6 Å². The van der Waals surface area contributed by atoms with Gasteiger partial charge in [-0.1, -0.05) is 19.9 Å². The number of hydrogen-bond acceptors (Lipinski definition) is 3. The van der Waals surface area contributed by atoms with Gasteiger partial charge in [-0.2, -0.15) is 12.6 Å². The molecule has 84 valence electrons. The van der Waals surface area contributed by atoms with E-state index in [9.17, 15) is 0 Å². The van der Waals surface area contributed by atoms with Crippen molar-refractivity contribution in [1.82, 2.24) is 0 Å². The molecule has 0 radical (unpaired) electrons. The SMILES string of the molecule is COc1ccc(CC(C)(C)S)c(OC)c1. The maximum Gasteiger partial charge on any atom is 0.125 e. The van der Waals surface area contributed by atoms with E-state index >= 15 is 0 Å². The third kappa shape index (κ3) is 3.67. The summed E-state index contributed by atoms with van der Waals surface area (Å²) in [4.78, 5) is 0. The van der Waals surface area contributed by atoms with Gasteiger partial charge in [-0.25, -0.2) is 0 Å². The van der Waals surface area contributed by atoms with Crippen LogP contribution in [0.2, 0.25) is 0 Å². The maximum absolute atomic E-state index is 5.32. The molecule has 0 saturated heterocycles. The van der Waals surface area contributed by atoms with E-state index in [2.05, 4.69) is 26.5 Å². The summed E-state index contributed by atoms with van der Waals surface area (Å²) in [6.45, 7) is 4.17. The Kier molecular flexibility index (Phi) is 3.91. The molecule has 0 unspecified atom stereocenters. The Morgan fingerprint density at radius 3 is 2.33 bits per heavy atom. The van der Waals surface area contributed by atoms with E-state index < -0.39 is 0 Å². The van der Waals surface area contributed by atoms with Crippen LogP contribution in [0.4, 0.5) is 0 Å². The van der Waals surface area contributed by atoms with Crippen LogP contribution < -0.4 is 9.47 Å². The zero-order valence-electron chi connectivity index (χ0n) is 9.70. The van der Waals surface area contributed by atoms with Crippen LogP contribution in [0.25, 0.3) is 0 Å².